The fourth-order valence-corrected chi connectivity index (χ4v) is 3.00. The van der Waals surface area contributed by atoms with Gasteiger partial charge < -0.3 is 9.32 Å². The Morgan fingerprint density at radius 1 is 1.35 bits per heavy atom. The Hall–Kier alpha value is -2.05. The van der Waals surface area contributed by atoms with Gasteiger partial charge in [-0.15, -0.1) is 0 Å². The third-order valence-corrected chi connectivity index (χ3v) is 4.32. The maximum Gasteiger partial charge on any atom is 0.257 e. The number of para-hydroxylation sites is 1. The van der Waals surface area contributed by atoms with Crippen molar-refractivity contribution >= 4 is 46.1 Å². The quantitative estimate of drug-likeness (QED) is 0.655. The van der Waals surface area contributed by atoms with Crippen LogP contribution in [0.2, 0.25) is 5.02 Å². The molecule has 0 saturated carbocycles. The second kappa shape index (κ2) is 6.60. The minimum atomic E-state index is -0.479. The van der Waals surface area contributed by atoms with Gasteiger partial charge in [-0.2, -0.15) is 0 Å². The van der Waals surface area contributed by atoms with Crippen LogP contribution >= 0.6 is 23.4 Å². The number of thioether (sulfide) groups is 1. The second-order valence-corrected chi connectivity index (χ2v) is 6.13. The Morgan fingerprint density at radius 2 is 2.09 bits per heavy atom. The van der Waals surface area contributed by atoms with Crippen molar-refractivity contribution in [2.45, 2.75) is 5.22 Å². The lowest BCUT2D eigenvalue weighted by molar-refractivity contribution is -0.115. The number of amides is 1. The average Bonchev–Trinajstić information content (AvgIpc) is 2.96. The van der Waals surface area contributed by atoms with E-state index in [-0.39, 0.29) is 21.9 Å². The molecule has 1 heterocycles. The summed E-state index contributed by atoms with van der Waals surface area (Å²) in [6.45, 7) is 0. The lowest BCUT2D eigenvalue weighted by atomic mass is 10.3. The summed E-state index contributed by atoms with van der Waals surface area (Å²) in [7, 11) is 1.70. The van der Waals surface area contributed by atoms with Crippen molar-refractivity contribution in [1.82, 2.24) is 4.98 Å². The van der Waals surface area contributed by atoms with E-state index in [0.717, 1.165) is 23.5 Å². The van der Waals surface area contributed by atoms with E-state index in [1.165, 1.54) is 6.07 Å². The minimum Gasteiger partial charge on any atom is -0.430 e. The van der Waals surface area contributed by atoms with E-state index in [0.29, 0.717) is 11.1 Å². The molecule has 3 aromatic rings. The van der Waals surface area contributed by atoms with E-state index in [9.17, 15) is 9.18 Å². The van der Waals surface area contributed by atoms with Crippen LogP contribution in [0.5, 0.6) is 0 Å². The lowest BCUT2D eigenvalue weighted by Crippen LogP contribution is -2.27. The Bertz CT molecular complexity index is 854. The Kier molecular flexibility index (Phi) is 4.54. The number of hydrogen-bond acceptors (Lipinski definition) is 4. The van der Waals surface area contributed by atoms with E-state index < -0.39 is 5.82 Å². The fraction of sp³-hybridized carbons (Fsp3) is 0.125. The molecule has 7 heteroatoms. The summed E-state index contributed by atoms with van der Waals surface area (Å²) in [6.07, 6.45) is 0. The molecule has 3 rings (SSSR count). The molecule has 0 saturated heterocycles. The Morgan fingerprint density at radius 3 is 2.83 bits per heavy atom. The average molecular weight is 351 g/mol. The highest BCUT2D eigenvalue weighted by Gasteiger charge is 2.15. The highest BCUT2D eigenvalue weighted by molar-refractivity contribution is 7.99. The first-order chi connectivity index (χ1) is 11.0. The number of carbonyl (C=O) groups excluding carboxylic acids is 1. The van der Waals surface area contributed by atoms with Crippen LogP contribution in [-0.4, -0.2) is 23.7 Å². The summed E-state index contributed by atoms with van der Waals surface area (Å²) in [5, 5.41) is 0.439. The standard InChI is InChI=1S/C16H12ClFN2O2S/c1-20(11-5-3-2-4-6-11)14(21)9-23-16-19-13-8-10(18)7-12(17)15(13)22-16/h2-8H,9H2,1H3. The summed E-state index contributed by atoms with van der Waals surface area (Å²) >= 11 is 7.05. The third-order valence-electron chi connectivity index (χ3n) is 3.23. The molecule has 118 valence electrons. The highest BCUT2D eigenvalue weighted by atomic mass is 35.5. The van der Waals surface area contributed by atoms with Gasteiger partial charge in [-0.25, -0.2) is 9.37 Å². The van der Waals surface area contributed by atoms with Gasteiger partial charge in [0.15, 0.2) is 5.58 Å². The van der Waals surface area contributed by atoms with E-state index in [2.05, 4.69) is 4.98 Å². The van der Waals surface area contributed by atoms with E-state index in [1.54, 1.807) is 11.9 Å². The smallest absolute Gasteiger partial charge is 0.257 e. The molecule has 0 atom stereocenters. The zero-order valence-corrected chi connectivity index (χ0v) is 13.7. The highest BCUT2D eigenvalue weighted by Crippen LogP contribution is 2.29. The molecule has 4 nitrogen and oxygen atoms in total. The van der Waals surface area contributed by atoms with Crippen molar-refractivity contribution in [2.24, 2.45) is 0 Å². The maximum atomic E-state index is 13.3. The first kappa shape index (κ1) is 15.8. The summed E-state index contributed by atoms with van der Waals surface area (Å²) in [5.74, 6) is -0.425. The van der Waals surface area contributed by atoms with Crippen molar-refractivity contribution < 1.29 is 13.6 Å². The first-order valence-electron chi connectivity index (χ1n) is 6.74. The fourth-order valence-electron chi connectivity index (χ4n) is 2.02. The molecule has 0 aliphatic carbocycles. The van der Waals surface area contributed by atoms with Crippen LogP contribution in [0.25, 0.3) is 11.1 Å². The number of fused-ring (bicyclic) bond motifs is 1. The monoisotopic (exact) mass is 350 g/mol. The van der Waals surface area contributed by atoms with Gasteiger partial charge in [0.25, 0.3) is 5.22 Å². The maximum absolute atomic E-state index is 13.3. The number of oxazole rings is 1. The largest absolute Gasteiger partial charge is 0.430 e. The van der Waals surface area contributed by atoms with Crippen LogP contribution in [0, 0.1) is 5.82 Å². The van der Waals surface area contributed by atoms with Crippen molar-refractivity contribution in [3.05, 3.63) is 53.3 Å². The number of benzene rings is 2. The van der Waals surface area contributed by atoms with Gasteiger partial charge in [0.2, 0.25) is 5.91 Å². The van der Waals surface area contributed by atoms with Gasteiger partial charge in [0, 0.05) is 18.8 Å². The van der Waals surface area contributed by atoms with Crippen LogP contribution in [0.4, 0.5) is 10.1 Å². The van der Waals surface area contributed by atoms with Gasteiger partial charge in [-0.1, -0.05) is 41.6 Å². The van der Waals surface area contributed by atoms with Crippen molar-refractivity contribution in [2.75, 3.05) is 17.7 Å². The number of carbonyl (C=O) groups is 1. The molecular weight excluding hydrogens is 339 g/mol. The van der Waals surface area contributed by atoms with Crippen LogP contribution in [-0.2, 0) is 4.79 Å². The summed E-state index contributed by atoms with van der Waals surface area (Å²) < 4.78 is 18.8. The molecular formula is C16H12ClFN2O2S. The third kappa shape index (κ3) is 3.48. The van der Waals surface area contributed by atoms with Crippen LogP contribution in [0.3, 0.4) is 0 Å². The number of anilines is 1. The van der Waals surface area contributed by atoms with E-state index >= 15 is 0 Å². The summed E-state index contributed by atoms with van der Waals surface area (Å²) in [6, 6.07) is 11.7. The molecule has 1 amide bonds. The molecule has 0 fully saturated rings. The van der Waals surface area contributed by atoms with E-state index in [4.69, 9.17) is 16.0 Å². The molecule has 0 radical (unpaired) electrons. The molecule has 0 N–H and O–H groups in total. The number of nitrogens with zero attached hydrogens (tertiary/aromatic N) is 2. The zero-order chi connectivity index (χ0) is 16.4. The van der Waals surface area contributed by atoms with Crippen molar-refractivity contribution in [3.8, 4) is 0 Å². The van der Waals surface area contributed by atoms with Crippen molar-refractivity contribution in [1.29, 1.82) is 0 Å². The molecule has 0 bridgehead atoms. The number of hydrogen-bond donors (Lipinski definition) is 0. The molecule has 23 heavy (non-hydrogen) atoms. The SMILES string of the molecule is CN(C(=O)CSc1nc2cc(F)cc(Cl)c2o1)c1ccccc1. The topological polar surface area (TPSA) is 46.3 Å². The summed E-state index contributed by atoms with van der Waals surface area (Å²) in [5.41, 5.74) is 1.46. The van der Waals surface area contributed by atoms with Crippen LogP contribution in [0.1, 0.15) is 0 Å². The van der Waals surface area contributed by atoms with E-state index in [1.807, 2.05) is 30.3 Å². The second-order valence-electron chi connectivity index (χ2n) is 4.79. The van der Waals surface area contributed by atoms with Crippen LogP contribution < -0.4 is 4.90 Å². The number of rotatable bonds is 4. The van der Waals surface area contributed by atoms with Gasteiger partial charge >= 0.3 is 0 Å². The molecule has 2 aromatic carbocycles. The lowest BCUT2D eigenvalue weighted by Gasteiger charge is -2.16. The molecule has 0 spiro atoms. The van der Waals surface area contributed by atoms with Crippen molar-refractivity contribution in [3.63, 3.8) is 0 Å². The Balaban J connectivity index is 1.71. The molecule has 0 aliphatic rings. The number of halogens is 2. The van der Waals surface area contributed by atoms with Gasteiger partial charge in [-0.3, -0.25) is 4.79 Å². The molecule has 1 aromatic heterocycles. The molecule has 0 unspecified atom stereocenters. The predicted molar refractivity (Wildman–Crippen MR) is 89.6 cm³/mol. The zero-order valence-electron chi connectivity index (χ0n) is 12.1. The predicted octanol–water partition coefficient (Wildman–Crippen LogP) is 4.38. The van der Waals surface area contributed by atoms with Gasteiger partial charge in [0.1, 0.15) is 11.3 Å². The molecule has 0 aliphatic heterocycles. The first-order valence-corrected chi connectivity index (χ1v) is 8.11. The Labute approximate surface area is 141 Å². The minimum absolute atomic E-state index is 0.0965. The summed E-state index contributed by atoms with van der Waals surface area (Å²) in [4.78, 5) is 17.9. The van der Waals surface area contributed by atoms with Gasteiger partial charge in [-0.05, 0) is 18.2 Å². The normalized spacial score (nSPS) is 10.9. The van der Waals surface area contributed by atoms with Gasteiger partial charge in [0.05, 0.1) is 10.8 Å². The van der Waals surface area contributed by atoms with Crippen LogP contribution in [0.15, 0.2) is 52.1 Å². The number of aromatic nitrogens is 1.